The molecule has 3 rings (SSSR count). The first kappa shape index (κ1) is 21.1. The van der Waals surface area contributed by atoms with Crippen LogP contribution >= 0.6 is 23.1 Å². The molecule has 0 aliphatic heterocycles. The Morgan fingerprint density at radius 1 is 1.14 bits per heavy atom. The summed E-state index contributed by atoms with van der Waals surface area (Å²) in [6, 6.07) is 14.4. The van der Waals surface area contributed by atoms with Crippen molar-refractivity contribution in [1.29, 1.82) is 0 Å². The molecule has 5 nitrogen and oxygen atoms in total. The van der Waals surface area contributed by atoms with Crippen LogP contribution in [-0.4, -0.2) is 21.4 Å². The maximum atomic E-state index is 12.8. The Balaban J connectivity index is 1.54. The lowest BCUT2D eigenvalue weighted by Gasteiger charge is -2.12. The van der Waals surface area contributed by atoms with Gasteiger partial charge in [0.15, 0.2) is 4.34 Å². The molecule has 0 spiro atoms. The van der Waals surface area contributed by atoms with E-state index in [1.165, 1.54) is 35.2 Å². The summed E-state index contributed by atoms with van der Waals surface area (Å²) in [5, 5.41) is 13.8. The van der Waals surface area contributed by atoms with Gasteiger partial charge >= 0.3 is 6.18 Å². The number of halogens is 3. The molecular weight excluding hydrogens is 421 g/mol. The molecule has 1 unspecified atom stereocenters. The molecule has 152 valence electrons. The van der Waals surface area contributed by atoms with Crippen LogP contribution in [0.15, 0.2) is 58.9 Å². The largest absolute Gasteiger partial charge is 0.416 e. The zero-order valence-electron chi connectivity index (χ0n) is 15.2. The van der Waals surface area contributed by atoms with Gasteiger partial charge in [0.25, 0.3) is 0 Å². The summed E-state index contributed by atoms with van der Waals surface area (Å²) in [5.41, 5.74) is 0.388. The highest BCUT2D eigenvalue weighted by molar-refractivity contribution is 8.02. The maximum Gasteiger partial charge on any atom is 0.416 e. The van der Waals surface area contributed by atoms with Gasteiger partial charge in [-0.3, -0.25) is 4.79 Å². The van der Waals surface area contributed by atoms with Crippen LogP contribution < -0.4 is 10.6 Å². The molecule has 1 atom stereocenters. The molecule has 2 aromatic carbocycles. The van der Waals surface area contributed by atoms with Crippen LogP contribution in [0.4, 0.5) is 24.0 Å². The van der Waals surface area contributed by atoms with E-state index in [9.17, 15) is 18.0 Å². The van der Waals surface area contributed by atoms with Crippen molar-refractivity contribution in [2.45, 2.75) is 29.2 Å². The summed E-state index contributed by atoms with van der Waals surface area (Å²) in [6.45, 7) is 2.26. The molecule has 0 saturated carbocycles. The van der Waals surface area contributed by atoms with E-state index in [-0.39, 0.29) is 5.69 Å². The Morgan fingerprint density at radius 2 is 1.90 bits per heavy atom. The number of hydrogen-bond donors (Lipinski definition) is 2. The first-order valence-corrected chi connectivity index (χ1v) is 10.3. The number of benzene rings is 2. The first-order chi connectivity index (χ1) is 13.8. The molecule has 0 fully saturated rings. The monoisotopic (exact) mass is 438 g/mol. The number of anilines is 2. The van der Waals surface area contributed by atoms with Crippen molar-refractivity contribution >= 4 is 39.8 Å². The number of alkyl halides is 3. The van der Waals surface area contributed by atoms with Gasteiger partial charge in [-0.05, 0) is 30.7 Å². The van der Waals surface area contributed by atoms with Gasteiger partial charge in [0.2, 0.25) is 11.0 Å². The van der Waals surface area contributed by atoms with E-state index >= 15 is 0 Å². The number of rotatable bonds is 7. The summed E-state index contributed by atoms with van der Waals surface area (Å²) in [7, 11) is 0. The lowest BCUT2D eigenvalue weighted by Crippen LogP contribution is -2.22. The van der Waals surface area contributed by atoms with Crippen molar-refractivity contribution in [3.05, 3.63) is 65.7 Å². The fourth-order valence-electron chi connectivity index (χ4n) is 2.32. The highest BCUT2D eigenvalue weighted by Gasteiger charge is 2.30. The minimum atomic E-state index is -4.46. The van der Waals surface area contributed by atoms with Crippen LogP contribution in [0.25, 0.3) is 0 Å². The third kappa shape index (κ3) is 6.20. The second-order valence-corrected chi connectivity index (χ2v) is 8.61. The fraction of sp³-hybridized carbons (Fsp3) is 0.211. The van der Waals surface area contributed by atoms with E-state index in [2.05, 4.69) is 20.8 Å². The van der Waals surface area contributed by atoms with Gasteiger partial charge in [-0.15, -0.1) is 10.2 Å². The number of nitrogens with one attached hydrogen (secondary N) is 2. The number of thioether (sulfide) groups is 1. The Bertz CT molecular complexity index is 963. The molecule has 0 aliphatic rings. The Hall–Kier alpha value is -2.59. The maximum absolute atomic E-state index is 12.8. The molecule has 1 aromatic heterocycles. The molecule has 10 heteroatoms. The van der Waals surface area contributed by atoms with Gasteiger partial charge in [-0.25, -0.2) is 0 Å². The molecular formula is C19H17F3N4OS2. The molecule has 1 amide bonds. The zero-order chi connectivity index (χ0) is 20.9. The van der Waals surface area contributed by atoms with Crippen LogP contribution in [0, 0.1) is 0 Å². The second-order valence-electron chi connectivity index (χ2n) is 6.04. The van der Waals surface area contributed by atoms with Gasteiger partial charge in [0, 0.05) is 12.2 Å². The predicted molar refractivity (Wildman–Crippen MR) is 109 cm³/mol. The van der Waals surface area contributed by atoms with Crippen molar-refractivity contribution in [1.82, 2.24) is 10.2 Å². The van der Waals surface area contributed by atoms with E-state index in [4.69, 9.17) is 0 Å². The van der Waals surface area contributed by atoms with Gasteiger partial charge in [-0.1, -0.05) is 59.5 Å². The predicted octanol–water partition coefficient (Wildman–Crippen LogP) is 5.29. The van der Waals surface area contributed by atoms with Crippen molar-refractivity contribution in [3.8, 4) is 0 Å². The SMILES string of the molecule is CC(Sc1nnc(NCc2ccccc2)s1)C(=O)Nc1cccc(C(F)(F)F)c1. The zero-order valence-corrected chi connectivity index (χ0v) is 16.9. The smallest absolute Gasteiger partial charge is 0.356 e. The molecule has 3 aromatic rings. The fourth-order valence-corrected chi connectivity index (χ4v) is 4.22. The van der Waals surface area contributed by atoms with Crippen molar-refractivity contribution < 1.29 is 18.0 Å². The third-order valence-corrected chi connectivity index (χ3v) is 5.86. The Morgan fingerprint density at radius 3 is 2.62 bits per heavy atom. The number of nitrogens with zero attached hydrogens (tertiary/aromatic N) is 2. The lowest BCUT2D eigenvalue weighted by molar-refractivity contribution is -0.137. The van der Waals surface area contributed by atoms with Crippen molar-refractivity contribution in [3.63, 3.8) is 0 Å². The van der Waals surface area contributed by atoms with E-state index in [1.807, 2.05) is 30.3 Å². The quantitative estimate of drug-likeness (QED) is 0.491. The van der Waals surface area contributed by atoms with Crippen molar-refractivity contribution in [2.75, 3.05) is 10.6 Å². The molecule has 1 heterocycles. The molecule has 0 radical (unpaired) electrons. The van der Waals surface area contributed by atoms with Crippen LogP contribution in [0.1, 0.15) is 18.1 Å². The molecule has 0 aliphatic carbocycles. The van der Waals surface area contributed by atoms with Gasteiger partial charge in [0.1, 0.15) is 0 Å². The van der Waals surface area contributed by atoms with Crippen LogP contribution in [0.5, 0.6) is 0 Å². The van der Waals surface area contributed by atoms with Gasteiger partial charge in [-0.2, -0.15) is 13.2 Å². The van der Waals surface area contributed by atoms with Gasteiger partial charge < -0.3 is 10.6 Å². The minimum absolute atomic E-state index is 0.0970. The number of amides is 1. The summed E-state index contributed by atoms with van der Waals surface area (Å²) in [5.74, 6) is -0.414. The van der Waals surface area contributed by atoms with Crippen LogP contribution in [0.3, 0.4) is 0 Å². The summed E-state index contributed by atoms with van der Waals surface area (Å²) in [4.78, 5) is 12.3. The normalized spacial score (nSPS) is 12.4. The average molecular weight is 439 g/mol. The summed E-state index contributed by atoms with van der Waals surface area (Å²) in [6.07, 6.45) is -4.46. The number of carbonyl (C=O) groups is 1. The highest BCUT2D eigenvalue weighted by Crippen LogP contribution is 2.32. The molecule has 0 bridgehead atoms. The summed E-state index contributed by atoms with van der Waals surface area (Å²) < 4.78 is 39.0. The minimum Gasteiger partial charge on any atom is -0.356 e. The highest BCUT2D eigenvalue weighted by atomic mass is 32.2. The molecule has 29 heavy (non-hydrogen) atoms. The van der Waals surface area contributed by atoms with Crippen LogP contribution in [0.2, 0.25) is 0 Å². The van der Waals surface area contributed by atoms with E-state index in [0.717, 1.165) is 17.7 Å². The Labute approximate surface area is 173 Å². The second kappa shape index (κ2) is 9.27. The first-order valence-electron chi connectivity index (χ1n) is 8.57. The number of hydrogen-bond acceptors (Lipinski definition) is 6. The van der Waals surface area contributed by atoms with E-state index in [1.54, 1.807) is 6.92 Å². The summed E-state index contributed by atoms with van der Waals surface area (Å²) >= 11 is 2.50. The topological polar surface area (TPSA) is 66.9 Å². The van der Waals surface area contributed by atoms with E-state index < -0.39 is 22.9 Å². The van der Waals surface area contributed by atoms with Gasteiger partial charge in [0.05, 0.1) is 10.8 Å². The standard InChI is InChI=1S/C19H17F3N4OS2/c1-12(16(27)24-15-9-5-8-14(10-15)19(20,21)22)28-18-26-25-17(29-18)23-11-13-6-3-2-4-7-13/h2-10,12H,11H2,1H3,(H,23,25)(H,24,27). The lowest BCUT2D eigenvalue weighted by atomic mass is 10.2. The Kier molecular flexibility index (Phi) is 6.75. The van der Waals surface area contributed by atoms with Crippen molar-refractivity contribution in [2.24, 2.45) is 0 Å². The average Bonchev–Trinajstić information content (AvgIpc) is 3.14. The molecule has 2 N–H and O–H groups in total. The van der Waals surface area contributed by atoms with Crippen LogP contribution in [-0.2, 0) is 17.5 Å². The molecule has 0 saturated heterocycles. The number of carbonyl (C=O) groups excluding carboxylic acids is 1. The third-order valence-electron chi connectivity index (χ3n) is 3.80. The number of aromatic nitrogens is 2. The van der Waals surface area contributed by atoms with E-state index in [0.29, 0.717) is 16.0 Å².